The first-order valence-electron chi connectivity index (χ1n) is 8.86. The van der Waals surface area contributed by atoms with Gasteiger partial charge in [-0.15, -0.1) is 0 Å². The second-order valence-corrected chi connectivity index (χ2v) is 6.61. The maximum absolute atomic E-state index is 13.2. The second-order valence-electron chi connectivity index (χ2n) is 6.61. The zero-order chi connectivity index (χ0) is 18.8. The van der Waals surface area contributed by atoms with E-state index >= 15 is 0 Å². The van der Waals surface area contributed by atoms with Crippen LogP contribution in [0.5, 0.6) is 5.88 Å². The number of ether oxygens (including phenoxy) is 1. The summed E-state index contributed by atoms with van der Waals surface area (Å²) in [6, 6.07) is 17.6. The summed E-state index contributed by atoms with van der Waals surface area (Å²) in [6.07, 6.45) is 0.659. The highest BCUT2D eigenvalue weighted by atomic mass is 19.1. The molecule has 0 saturated heterocycles. The van der Waals surface area contributed by atoms with Crippen LogP contribution in [-0.4, -0.2) is 17.4 Å². The predicted molar refractivity (Wildman–Crippen MR) is 102 cm³/mol. The number of aromatic nitrogens is 1. The first-order valence-corrected chi connectivity index (χ1v) is 8.86. The molecule has 0 bridgehead atoms. The third kappa shape index (κ3) is 3.67. The molecule has 4 rings (SSSR count). The molecule has 0 saturated carbocycles. The van der Waals surface area contributed by atoms with Gasteiger partial charge in [-0.1, -0.05) is 24.3 Å². The van der Waals surface area contributed by atoms with Gasteiger partial charge in [-0.05, 0) is 48.4 Å². The highest BCUT2D eigenvalue weighted by Gasteiger charge is 2.26. The number of fused-ring (bicyclic) bond motifs is 1. The van der Waals surface area contributed by atoms with E-state index in [1.807, 2.05) is 31.2 Å². The molecule has 4 nitrogen and oxygen atoms in total. The average Bonchev–Trinajstić information content (AvgIpc) is 2.67. The molecule has 2 aromatic carbocycles. The van der Waals surface area contributed by atoms with Crippen LogP contribution in [0.3, 0.4) is 0 Å². The number of carbonyl (C=O) groups excluding carboxylic acids is 1. The van der Waals surface area contributed by atoms with E-state index < -0.39 is 0 Å². The van der Waals surface area contributed by atoms with Gasteiger partial charge in [0.15, 0.2) is 0 Å². The normalized spacial score (nSPS) is 13.4. The van der Waals surface area contributed by atoms with Crippen LogP contribution in [-0.2, 0) is 13.0 Å². The Bertz CT molecular complexity index is 1000. The summed E-state index contributed by atoms with van der Waals surface area (Å²) in [4.78, 5) is 19.1. The van der Waals surface area contributed by atoms with Crippen molar-refractivity contribution >= 4 is 11.6 Å². The van der Waals surface area contributed by atoms with Gasteiger partial charge >= 0.3 is 0 Å². The number of aryl methyl sites for hydroxylation is 1. The van der Waals surface area contributed by atoms with Crippen LogP contribution in [0.25, 0.3) is 0 Å². The van der Waals surface area contributed by atoms with Crippen molar-refractivity contribution in [3.05, 3.63) is 88.9 Å². The minimum absolute atomic E-state index is 0.0500. The molecular formula is C22H19FN2O2. The molecule has 0 aliphatic carbocycles. The third-order valence-electron chi connectivity index (χ3n) is 4.59. The number of hydrogen-bond donors (Lipinski definition) is 0. The van der Waals surface area contributed by atoms with Gasteiger partial charge in [0.2, 0.25) is 5.88 Å². The summed E-state index contributed by atoms with van der Waals surface area (Å²) >= 11 is 0. The summed E-state index contributed by atoms with van der Waals surface area (Å²) in [5, 5.41) is 0. The number of anilines is 1. The first-order chi connectivity index (χ1) is 13.1. The minimum Gasteiger partial charge on any atom is -0.473 e. The molecule has 1 aromatic heterocycles. The highest BCUT2D eigenvalue weighted by Crippen LogP contribution is 2.26. The van der Waals surface area contributed by atoms with Crippen molar-refractivity contribution in [3.8, 4) is 5.88 Å². The number of carbonyl (C=O) groups is 1. The zero-order valence-electron chi connectivity index (χ0n) is 15.0. The number of amides is 1. The molecule has 1 aliphatic rings. The number of hydrogen-bond acceptors (Lipinski definition) is 3. The third-order valence-corrected chi connectivity index (χ3v) is 4.59. The van der Waals surface area contributed by atoms with E-state index in [0.717, 1.165) is 22.5 Å². The Morgan fingerprint density at radius 3 is 2.78 bits per heavy atom. The van der Waals surface area contributed by atoms with Gasteiger partial charge < -0.3 is 9.64 Å². The highest BCUT2D eigenvalue weighted by molar-refractivity contribution is 6.07. The quantitative estimate of drug-likeness (QED) is 0.694. The number of pyridine rings is 1. The Morgan fingerprint density at radius 2 is 1.96 bits per heavy atom. The fourth-order valence-corrected chi connectivity index (χ4v) is 3.24. The fraction of sp³-hybridized carbons (Fsp3) is 0.182. The molecule has 0 fully saturated rings. The van der Waals surface area contributed by atoms with Gasteiger partial charge in [0.05, 0.1) is 11.3 Å². The Labute approximate surface area is 157 Å². The van der Waals surface area contributed by atoms with Gasteiger partial charge in [-0.2, -0.15) is 0 Å². The molecule has 3 aromatic rings. The standard InChI is InChI=1S/C22H19FN2O2/c1-15-4-2-7-18(12-15)25-11-10-20-19(22(25)26)8-9-21(24-20)27-14-16-5-3-6-17(23)13-16/h2-9,12-13H,10-11,14H2,1H3. The number of halogens is 1. The monoisotopic (exact) mass is 362 g/mol. The Hall–Kier alpha value is -3.21. The summed E-state index contributed by atoms with van der Waals surface area (Å²) in [6.45, 7) is 2.82. The molecule has 1 amide bonds. The topological polar surface area (TPSA) is 42.4 Å². The molecule has 2 heterocycles. The molecule has 5 heteroatoms. The van der Waals surface area contributed by atoms with E-state index in [9.17, 15) is 9.18 Å². The van der Waals surface area contributed by atoms with E-state index in [-0.39, 0.29) is 18.3 Å². The molecule has 1 aliphatic heterocycles. The lowest BCUT2D eigenvalue weighted by Crippen LogP contribution is -2.38. The SMILES string of the molecule is Cc1cccc(N2CCc3nc(OCc4cccc(F)c4)ccc3C2=O)c1. The Balaban J connectivity index is 1.51. The maximum atomic E-state index is 13.2. The van der Waals surface area contributed by atoms with Crippen molar-refractivity contribution in [1.82, 2.24) is 4.98 Å². The van der Waals surface area contributed by atoms with Gasteiger partial charge in [0, 0.05) is 24.7 Å². The van der Waals surface area contributed by atoms with Crippen LogP contribution < -0.4 is 9.64 Å². The smallest absolute Gasteiger partial charge is 0.260 e. The summed E-state index contributed by atoms with van der Waals surface area (Å²) in [5.74, 6) is 0.0946. The van der Waals surface area contributed by atoms with Crippen LogP contribution in [0.4, 0.5) is 10.1 Å². The van der Waals surface area contributed by atoms with Crippen LogP contribution >= 0.6 is 0 Å². The lowest BCUT2D eigenvalue weighted by Gasteiger charge is -2.28. The van der Waals surface area contributed by atoms with Gasteiger partial charge in [0.1, 0.15) is 12.4 Å². The predicted octanol–water partition coefficient (Wildman–Crippen LogP) is 4.31. The van der Waals surface area contributed by atoms with Crippen molar-refractivity contribution in [3.63, 3.8) is 0 Å². The molecule has 0 radical (unpaired) electrons. The summed E-state index contributed by atoms with van der Waals surface area (Å²) in [7, 11) is 0. The van der Waals surface area contributed by atoms with Crippen LogP contribution in [0.2, 0.25) is 0 Å². The Kier molecular flexibility index (Phi) is 4.59. The van der Waals surface area contributed by atoms with Crippen molar-refractivity contribution in [1.29, 1.82) is 0 Å². The van der Waals surface area contributed by atoms with E-state index in [4.69, 9.17) is 4.74 Å². The molecule has 0 spiro atoms. The number of benzene rings is 2. The number of rotatable bonds is 4. The maximum Gasteiger partial charge on any atom is 0.260 e. The van der Waals surface area contributed by atoms with E-state index in [0.29, 0.717) is 24.4 Å². The Morgan fingerprint density at radius 1 is 1.11 bits per heavy atom. The summed E-state index contributed by atoms with van der Waals surface area (Å²) in [5.41, 5.74) is 4.08. The van der Waals surface area contributed by atoms with Crippen molar-refractivity contribution in [2.75, 3.05) is 11.4 Å². The first kappa shape index (κ1) is 17.2. The van der Waals surface area contributed by atoms with Crippen molar-refractivity contribution < 1.29 is 13.9 Å². The van der Waals surface area contributed by atoms with E-state index in [1.165, 1.54) is 12.1 Å². The lowest BCUT2D eigenvalue weighted by atomic mass is 10.0. The molecule has 27 heavy (non-hydrogen) atoms. The van der Waals surface area contributed by atoms with Crippen LogP contribution in [0.15, 0.2) is 60.7 Å². The molecule has 0 atom stereocenters. The van der Waals surface area contributed by atoms with Gasteiger partial charge in [-0.3, -0.25) is 4.79 Å². The molecular weight excluding hydrogens is 343 g/mol. The zero-order valence-corrected chi connectivity index (χ0v) is 15.0. The van der Waals surface area contributed by atoms with Crippen molar-refractivity contribution in [2.24, 2.45) is 0 Å². The molecule has 136 valence electrons. The van der Waals surface area contributed by atoms with Gasteiger partial charge in [-0.25, -0.2) is 9.37 Å². The second kappa shape index (κ2) is 7.19. The minimum atomic E-state index is -0.295. The van der Waals surface area contributed by atoms with Crippen LogP contribution in [0, 0.1) is 12.7 Å². The average molecular weight is 362 g/mol. The lowest BCUT2D eigenvalue weighted by molar-refractivity contribution is 0.0979. The van der Waals surface area contributed by atoms with E-state index in [1.54, 1.807) is 29.2 Å². The van der Waals surface area contributed by atoms with Gasteiger partial charge in [0.25, 0.3) is 5.91 Å². The van der Waals surface area contributed by atoms with E-state index in [2.05, 4.69) is 4.98 Å². The van der Waals surface area contributed by atoms with Crippen LogP contribution in [0.1, 0.15) is 27.2 Å². The summed E-state index contributed by atoms with van der Waals surface area (Å²) < 4.78 is 18.9. The number of nitrogens with zero attached hydrogens (tertiary/aromatic N) is 2. The van der Waals surface area contributed by atoms with Crippen molar-refractivity contribution in [2.45, 2.75) is 20.0 Å². The fourth-order valence-electron chi connectivity index (χ4n) is 3.24. The molecule has 0 N–H and O–H groups in total. The molecule has 0 unspecified atom stereocenters. The largest absolute Gasteiger partial charge is 0.473 e.